The summed E-state index contributed by atoms with van der Waals surface area (Å²) in [4.78, 5) is 6.95. The zero-order valence-electron chi connectivity index (χ0n) is 7.53. The molecule has 1 unspecified atom stereocenters. The minimum absolute atomic E-state index is 0.475. The second kappa shape index (κ2) is 3.75. The van der Waals surface area contributed by atoms with E-state index >= 15 is 0 Å². The van der Waals surface area contributed by atoms with Gasteiger partial charge >= 0.3 is 0 Å². The zero-order chi connectivity index (χ0) is 9.26. The molecule has 0 radical (unpaired) electrons. The number of halogens is 1. The first-order valence-electron chi connectivity index (χ1n) is 4.44. The lowest BCUT2D eigenvalue weighted by atomic mass is 10.1. The maximum Gasteiger partial charge on any atom is 0.293 e. The molecule has 5 heteroatoms. The lowest BCUT2D eigenvalue weighted by Crippen LogP contribution is -2.27. The highest BCUT2D eigenvalue weighted by Crippen LogP contribution is 2.18. The molecule has 0 bridgehead atoms. The van der Waals surface area contributed by atoms with Gasteiger partial charge in [-0.25, -0.2) is 0 Å². The van der Waals surface area contributed by atoms with Crippen LogP contribution in [0.2, 0.25) is 0 Å². The van der Waals surface area contributed by atoms with Gasteiger partial charge in [0.25, 0.3) is 4.80 Å². The Bertz CT molecular complexity index is 289. The molecule has 1 aromatic heterocycles. The summed E-state index contributed by atoms with van der Waals surface area (Å²) in [5.74, 6) is 0.797. The van der Waals surface area contributed by atoms with Crippen LogP contribution in [0.3, 0.4) is 0 Å². The van der Waals surface area contributed by atoms with Gasteiger partial charge in [-0.1, -0.05) is 5.16 Å². The molecule has 0 aromatic carbocycles. The van der Waals surface area contributed by atoms with Crippen molar-refractivity contribution in [2.75, 3.05) is 13.6 Å². The van der Waals surface area contributed by atoms with Crippen molar-refractivity contribution in [3.8, 4) is 0 Å². The number of likely N-dealkylation sites (tertiary alicyclic amines) is 1. The Hall–Kier alpha value is -0.420. The number of likely N-dealkylation sites (N-methyl/N-ethyl adjacent to an activating group) is 1. The van der Waals surface area contributed by atoms with Crippen LogP contribution < -0.4 is 0 Å². The normalized spacial score (nSPS) is 24.0. The summed E-state index contributed by atoms with van der Waals surface area (Å²) in [6, 6.07) is 0.587. The molecule has 2 heterocycles. The molecule has 0 aliphatic carbocycles. The van der Waals surface area contributed by atoms with Crippen LogP contribution in [-0.2, 0) is 6.42 Å². The lowest BCUT2D eigenvalue weighted by molar-refractivity contribution is 0.301. The fourth-order valence-electron chi connectivity index (χ4n) is 1.76. The van der Waals surface area contributed by atoms with Crippen LogP contribution in [0.4, 0.5) is 0 Å². The molecule has 1 aliphatic rings. The summed E-state index contributed by atoms with van der Waals surface area (Å²) in [5, 5.41) is 3.85. The Labute approximate surface area is 85.4 Å². The van der Waals surface area contributed by atoms with Gasteiger partial charge in [-0.15, -0.1) is 0 Å². The third-order valence-corrected chi connectivity index (χ3v) is 2.86. The Balaban J connectivity index is 1.97. The SMILES string of the molecule is CN1CCCC1Cc1noc(Br)n1. The number of rotatable bonds is 2. The molecular weight excluding hydrogens is 234 g/mol. The van der Waals surface area contributed by atoms with Gasteiger partial charge in [0.1, 0.15) is 0 Å². The monoisotopic (exact) mass is 245 g/mol. The number of nitrogens with zero attached hydrogens (tertiary/aromatic N) is 3. The molecule has 4 nitrogen and oxygen atoms in total. The molecular formula is C8H12BrN3O. The van der Waals surface area contributed by atoms with Gasteiger partial charge in [-0.3, -0.25) is 0 Å². The van der Waals surface area contributed by atoms with Crippen molar-refractivity contribution >= 4 is 15.9 Å². The second-order valence-corrected chi connectivity index (χ2v) is 4.12. The minimum Gasteiger partial charge on any atom is -0.327 e. The highest BCUT2D eigenvalue weighted by atomic mass is 79.9. The number of aromatic nitrogens is 2. The molecule has 13 heavy (non-hydrogen) atoms. The summed E-state index contributed by atoms with van der Waals surface area (Å²) < 4.78 is 4.85. The van der Waals surface area contributed by atoms with Gasteiger partial charge in [-0.05, 0) is 26.4 Å². The van der Waals surface area contributed by atoms with E-state index in [0.29, 0.717) is 10.8 Å². The Kier molecular flexibility index (Phi) is 2.64. The van der Waals surface area contributed by atoms with Crippen LogP contribution >= 0.6 is 15.9 Å². The molecule has 1 aromatic rings. The van der Waals surface area contributed by atoms with Gasteiger partial charge in [0, 0.05) is 28.4 Å². The highest BCUT2D eigenvalue weighted by molar-refractivity contribution is 9.10. The van der Waals surface area contributed by atoms with Crippen molar-refractivity contribution in [3.63, 3.8) is 0 Å². The Morgan fingerprint density at radius 3 is 3.08 bits per heavy atom. The van der Waals surface area contributed by atoms with E-state index in [1.54, 1.807) is 0 Å². The van der Waals surface area contributed by atoms with Gasteiger partial charge < -0.3 is 9.42 Å². The van der Waals surface area contributed by atoms with Crippen molar-refractivity contribution in [1.82, 2.24) is 15.0 Å². The van der Waals surface area contributed by atoms with E-state index in [0.717, 1.165) is 12.2 Å². The molecule has 1 saturated heterocycles. The van der Waals surface area contributed by atoms with E-state index in [9.17, 15) is 0 Å². The van der Waals surface area contributed by atoms with Crippen LogP contribution in [0.1, 0.15) is 18.7 Å². The topological polar surface area (TPSA) is 42.2 Å². The van der Waals surface area contributed by atoms with Gasteiger partial charge in [0.15, 0.2) is 5.82 Å². The fourth-order valence-corrected chi connectivity index (χ4v) is 2.04. The molecule has 2 rings (SSSR count). The van der Waals surface area contributed by atoms with Crippen LogP contribution in [-0.4, -0.2) is 34.7 Å². The molecule has 0 saturated carbocycles. The largest absolute Gasteiger partial charge is 0.327 e. The molecule has 72 valence electrons. The maximum absolute atomic E-state index is 4.85. The van der Waals surface area contributed by atoms with Crippen LogP contribution in [0.5, 0.6) is 0 Å². The summed E-state index contributed by atoms with van der Waals surface area (Å²) in [7, 11) is 2.15. The summed E-state index contributed by atoms with van der Waals surface area (Å²) in [5.41, 5.74) is 0. The predicted molar refractivity (Wildman–Crippen MR) is 51.4 cm³/mol. The van der Waals surface area contributed by atoms with Crippen molar-refractivity contribution in [2.45, 2.75) is 25.3 Å². The Morgan fingerprint density at radius 2 is 2.54 bits per heavy atom. The van der Waals surface area contributed by atoms with E-state index in [2.05, 4.69) is 38.0 Å². The molecule has 0 N–H and O–H groups in total. The summed E-state index contributed by atoms with van der Waals surface area (Å²) >= 11 is 3.14. The molecule has 1 fully saturated rings. The molecule has 1 atom stereocenters. The van der Waals surface area contributed by atoms with E-state index in [1.807, 2.05) is 0 Å². The molecule has 1 aliphatic heterocycles. The fraction of sp³-hybridized carbons (Fsp3) is 0.750. The van der Waals surface area contributed by atoms with Gasteiger partial charge in [0.05, 0.1) is 0 Å². The smallest absolute Gasteiger partial charge is 0.293 e. The third kappa shape index (κ3) is 2.08. The minimum atomic E-state index is 0.475. The zero-order valence-corrected chi connectivity index (χ0v) is 9.12. The first-order valence-corrected chi connectivity index (χ1v) is 5.23. The molecule has 0 spiro atoms. The summed E-state index contributed by atoms with van der Waals surface area (Å²) in [6.45, 7) is 1.18. The second-order valence-electron chi connectivity index (χ2n) is 3.44. The van der Waals surface area contributed by atoms with Crippen molar-refractivity contribution in [3.05, 3.63) is 10.6 Å². The van der Waals surface area contributed by atoms with Gasteiger partial charge in [-0.2, -0.15) is 4.98 Å². The van der Waals surface area contributed by atoms with E-state index in [1.165, 1.54) is 19.4 Å². The van der Waals surface area contributed by atoms with E-state index < -0.39 is 0 Å². The predicted octanol–water partition coefficient (Wildman–Crippen LogP) is 1.47. The summed E-state index contributed by atoms with van der Waals surface area (Å²) in [6.07, 6.45) is 3.41. The Morgan fingerprint density at radius 1 is 1.69 bits per heavy atom. The van der Waals surface area contributed by atoms with Crippen LogP contribution in [0.25, 0.3) is 0 Å². The highest BCUT2D eigenvalue weighted by Gasteiger charge is 2.22. The van der Waals surface area contributed by atoms with Crippen molar-refractivity contribution < 1.29 is 4.52 Å². The van der Waals surface area contributed by atoms with E-state index in [4.69, 9.17) is 4.52 Å². The first-order chi connectivity index (χ1) is 6.25. The van der Waals surface area contributed by atoms with Crippen LogP contribution in [0, 0.1) is 0 Å². The van der Waals surface area contributed by atoms with Gasteiger partial charge in [0.2, 0.25) is 0 Å². The quantitative estimate of drug-likeness (QED) is 0.792. The lowest BCUT2D eigenvalue weighted by Gasteiger charge is -2.16. The van der Waals surface area contributed by atoms with E-state index in [-0.39, 0.29) is 0 Å². The molecule has 0 amide bonds. The average molecular weight is 246 g/mol. The standard InChI is InChI=1S/C8H12BrN3O/c1-12-4-2-3-6(12)5-7-10-8(9)13-11-7/h6H,2-5H2,1H3. The number of hydrogen-bond acceptors (Lipinski definition) is 4. The third-order valence-electron chi connectivity index (χ3n) is 2.53. The maximum atomic E-state index is 4.85. The van der Waals surface area contributed by atoms with Crippen LogP contribution in [0.15, 0.2) is 9.32 Å². The first kappa shape index (κ1) is 9.15. The van der Waals surface area contributed by atoms with Crippen molar-refractivity contribution in [2.24, 2.45) is 0 Å². The average Bonchev–Trinajstić information content (AvgIpc) is 2.64. The van der Waals surface area contributed by atoms with Crippen molar-refractivity contribution in [1.29, 1.82) is 0 Å². The number of hydrogen-bond donors (Lipinski definition) is 0.